The fourth-order valence-corrected chi connectivity index (χ4v) is 4.52. The third-order valence-corrected chi connectivity index (χ3v) is 7.55. The molecule has 0 aliphatic carbocycles. The number of carbonyl (C=O) groups excluding carboxylic acids is 6. The van der Waals surface area contributed by atoms with Gasteiger partial charge < -0.3 is 54.4 Å². The number of hydrogen-bond donors (Lipinski definition) is 0. The molecule has 0 saturated carbocycles. The van der Waals surface area contributed by atoms with E-state index in [1.165, 1.54) is 26.4 Å². The van der Waals surface area contributed by atoms with Gasteiger partial charge in [-0.25, -0.2) is 0 Å². The molecule has 0 bridgehead atoms. The summed E-state index contributed by atoms with van der Waals surface area (Å²) in [6.07, 6.45) is 7.75. The Kier molecular flexibility index (Phi) is 54.7. The van der Waals surface area contributed by atoms with Gasteiger partial charge in [-0.15, -0.1) is 0 Å². The van der Waals surface area contributed by atoms with Crippen molar-refractivity contribution in [3.05, 3.63) is 0 Å². The first kappa shape index (κ1) is 64.8. The fourth-order valence-electron chi connectivity index (χ4n) is 4.26. The molecule has 0 aromatic carbocycles. The van der Waals surface area contributed by atoms with Crippen LogP contribution in [-0.4, -0.2) is 209 Å². The van der Waals surface area contributed by atoms with Crippen molar-refractivity contribution in [3.8, 4) is 0 Å². The SMILES string of the molecule is CCCCN(C)C(=O)CN(C)CN(C)CC(=O)N(C)CCC[S-].CCCN(C)C(=O)CN(C)CN(C)CC(=O)N(C)CCC[S-].C[C-]=O.C[C-]=O.[Y].[Y]. The molecule has 0 N–H and O–H groups in total. The molecule has 18 heteroatoms. The number of unbranched alkanes of at least 4 members (excludes halogenated alkanes) is 1. The van der Waals surface area contributed by atoms with Crippen molar-refractivity contribution >= 4 is 61.5 Å². The van der Waals surface area contributed by atoms with E-state index in [0.717, 1.165) is 45.2 Å². The molecule has 308 valence electrons. The van der Waals surface area contributed by atoms with E-state index in [1.807, 2.05) is 61.9 Å². The number of amides is 4. The molecular formula is C35H70N8O6S2Y2-4. The summed E-state index contributed by atoms with van der Waals surface area (Å²) in [5, 5.41) is 0. The van der Waals surface area contributed by atoms with Crippen molar-refractivity contribution in [1.29, 1.82) is 0 Å². The minimum absolute atomic E-state index is 0. The summed E-state index contributed by atoms with van der Waals surface area (Å²) in [7, 11) is 14.8. The van der Waals surface area contributed by atoms with Gasteiger partial charge in [0.2, 0.25) is 23.6 Å². The molecule has 14 nitrogen and oxygen atoms in total. The number of carbonyl (C=O) groups is 4. The van der Waals surface area contributed by atoms with Gasteiger partial charge >= 0.3 is 0 Å². The second-order valence-corrected chi connectivity index (χ2v) is 13.3. The van der Waals surface area contributed by atoms with Crippen LogP contribution >= 0.6 is 0 Å². The van der Waals surface area contributed by atoms with Gasteiger partial charge in [0.1, 0.15) is 0 Å². The standard InChI is InChI=1S/C16H34N4O2S.C15H32N4O2S.2C2H3O.2Y/c1-6-7-9-19(4)15(21)12-17(2)14-18(3)13-16(22)20(5)10-8-11-23;1-6-8-18(4)14(20)11-16(2)13-17(3)12-15(21)19(5)9-7-10-22;2*1-2-3;;/h23H,6-14H2,1-5H3;22H,6-13H2,1-5H3;2*1H3;;/q;;2*-1;;/p-2. The Balaban J connectivity index is -0.000000175. The van der Waals surface area contributed by atoms with Crippen molar-refractivity contribution in [2.45, 2.75) is 59.8 Å². The normalized spacial score (nSPS) is 9.92. The Morgan fingerprint density at radius 2 is 0.679 bits per heavy atom. The third-order valence-electron chi connectivity index (χ3n) is 6.97. The van der Waals surface area contributed by atoms with Crippen molar-refractivity contribution in [2.75, 3.05) is 134 Å². The third kappa shape index (κ3) is 42.9. The maximum Gasteiger partial charge on any atom is 0.236 e. The quantitative estimate of drug-likeness (QED) is 0.0816. The van der Waals surface area contributed by atoms with Gasteiger partial charge in [0.15, 0.2) is 0 Å². The molecule has 0 spiro atoms. The van der Waals surface area contributed by atoms with Crippen LogP contribution in [0.1, 0.15) is 59.8 Å². The first-order chi connectivity index (χ1) is 24.0. The number of hydrogen-bond acceptors (Lipinski definition) is 12. The zero-order valence-electron chi connectivity index (χ0n) is 35.0. The molecule has 0 saturated heterocycles. The van der Waals surface area contributed by atoms with Crippen LogP contribution in [-0.2, 0) is 119 Å². The molecule has 2 radical (unpaired) electrons. The molecule has 0 aromatic rings. The van der Waals surface area contributed by atoms with Gasteiger partial charge in [0, 0.05) is 120 Å². The van der Waals surface area contributed by atoms with Gasteiger partial charge in [0.25, 0.3) is 0 Å². The van der Waals surface area contributed by atoms with Crippen LogP contribution in [0.25, 0.3) is 0 Å². The Morgan fingerprint density at radius 1 is 0.453 bits per heavy atom. The zero-order chi connectivity index (χ0) is 40.4. The average molecular weight is 941 g/mol. The predicted octanol–water partition coefficient (Wildman–Crippen LogP) is 0.760. The van der Waals surface area contributed by atoms with E-state index in [9.17, 15) is 19.2 Å². The molecular weight excluding hydrogens is 870 g/mol. The predicted molar refractivity (Wildman–Crippen MR) is 212 cm³/mol. The van der Waals surface area contributed by atoms with Gasteiger partial charge in [-0.05, 0) is 41.0 Å². The Hall–Kier alpha value is -0.0322. The summed E-state index contributed by atoms with van der Waals surface area (Å²) in [5.41, 5.74) is 0. The molecule has 0 atom stereocenters. The fraction of sp³-hybridized carbons (Fsp3) is 0.829. The molecule has 4 amide bonds. The maximum absolute atomic E-state index is 12.1. The van der Waals surface area contributed by atoms with E-state index >= 15 is 0 Å². The molecule has 0 unspecified atom stereocenters. The van der Waals surface area contributed by atoms with Crippen LogP contribution in [0.5, 0.6) is 0 Å². The van der Waals surface area contributed by atoms with E-state index in [1.54, 1.807) is 33.7 Å². The summed E-state index contributed by atoms with van der Waals surface area (Å²) in [4.78, 5) is 80.1. The van der Waals surface area contributed by atoms with Gasteiger partial charge in [-0.2, -0.15) is 25.4 Å². The maximum atomic E-state index is 12.1. The number of likely N-dealkylation sites (N-methyl/N-ethyl adjacent to an activating group) is 8. The molecule has 0 rings (SSSR count). The molecule has 0 aliphatic rings. The second kappa shape index (κ2) is 44.7. The zero-order valence-corrected chi connectivity index (χ0v) is 42.3. The number of rotatable bonds is 23. The minimum atomic E-state index is 0. The molecule has 0 heterocycles. The van der Waals surface area contributed by atoms with Gasteiger partial charge in [-0.1, -0.05) is 33.1 Å². The van der Waals surface area contributed by atoms with Crippen molar-refractivity contribution in [1.82, 2.24) is 39.2 Å². The van der Waals surface area contributed by atoms with E-state index in [-0.39, 0.29) is 89.0 Å². The van der Waals surface area contributed by atoms with Gasteiger partial charge in [-0.3, -0.25) is 51.4 Å². The summed E-state index contributed by atoms with van der Waals surface area (Å²) >= 11 is 9.79. The smallest absolute Gasteiger partial charge is 0.236 e. The molecule has 0 fully saturated rings. The van der Waals surface area contributed by atoms with Crippen LogP contribution in [0.2, 0.25) is 0 Å². The summed E-state index contributed by atoms with van der Waals surface area (Å²) in [6.45, 7) is 12.3. The van der Waals surface area contributed by atoms with Crippen LogP contribution < -0.4 is 0 Å². The van der Waals surface area contributed by atoms with Crippen LogP contribution in [0.3, 0.4) is 0 Å². The minimum Gasteiger partial charge on any atom is -0.793 e. The second-order valence-electron chi connectivity index (χ2n) is 12.5. The van der Waals surface area contributed by atoms with Crippen LogP contribution in [0, 0.1) is 0 Å². The average Bonchev–Trinajstić information content (AvgIpc) is 3.05. The van der Waals surface area contributed by atoms with Crippen molar-refractivity contribution in [2.24, 2.45) is 0 Å². The van der Waals surface area contributed by atoms with E-state index in [2.05, 4.69) is 13.8 Å². The Labute approximate surface area is 384 Å². The van der Waals surface area contributed by atoms with Crippen molar-refractivity contribution in [3.63, 3.8) is 0 Å². The molecule has 0 aliphatic heterocycles. The van der Waals surface area contributed by atoms with Gasteiger partial charge in [0.05, 0.1) is 39.5 Å². The largest absolute Gasteiger partial charge is 0.793 e. The Bertz CT molecular complexity index is 896. The van der Waals surface area contributed by atoms with E-state index in [4.69, 9.17) is 34.8 Å². The molecule has 53 heavy (non-hydrogen) atoms. The monoisotopic (exact) mass is 940 g/mol. The first-order valence-corrected chi connectivity index (χ1v) is 18.6. The summed E-state index contributed by atoms with van der Waals surface area (Å²) in [5.74, 6) is 1.72. The Morgan fingerprint density at radius 3 is 0.887 bits per heavy atom. The number of nitrogens with zero attached hydrogens (tertiary/aromatic N) is 8. The van der Waals surface area contributed by atoms with Crippen LogP contribution in [0.15, 0.2) is 0 Å². The summed E-state index contributed by atoms with van der Waals surface area (Å²) < 4.78 is 0. The molecule has 0 aromatic heterocycles. The topological polar surface area (TPSA) is 128 Å². The van der Waals surface area contributed by atoms with E-state index < -0.39 is 0 Å². The van der Waals surface area contributed by atoms with E-state index in [0.29, 0.717) is 64.1 Å². The van der Waals surface area contributed by atoms with Crippen LogP contribution in [0.4, 0.5) is 0 Å². The summed E-state index contributed by atoms with van der Waals surface area (Å²) in [6, 6.07) is 0. The first-order valence-electron chi connectivity index (χ1n) is 17.4. The van der Waals surface area contributed by atoms with Crippen molar-refractivity contribution < 1.29 is 94.2 Å².